The first-order valence-corrected chi connectivity index (χ1v) is 8.03. The molecule has 2 amide bonds. The van der Waals surface area contributed by atoms with E-state index in [0.29, 0.717) is 12.8 Å². The second-order valence-electron chi connectivity index (χ2n) is 5.90. The minimum atomic E-state index is -0.177. The third-order valence-electron chi connectivity index (χ3n) is 4.48. The maximum Gasteiger partial charge on any atom is 0.249 e. The van der Waals surface area contributed by atoms with Crippen molar-refractivity contribution in [3.63, 3.8) is 0 Å². The van der Waals surface area contributed by atoms with Crippen LogP contribution in [0.1, 0.15) is 59.8 Å². The molecule has 1 saturated carbocycles. The van der Waals surface area contributed by atoms with Crippen molar-refractivity contribution in [2.75, 3.05) is 0 Å². The molecule has 0 bridgehead atoms. The lowest BCUT2D eigenvalue weighted by Gasteiger charge is -2.37. The Hall–Kier alpha value is -1.58. The molecule has 1 unspecified atom stereocenters. The van der Waals surface area contributed by atoms with E-state index in [1.807, 2.05) is 26.8 Å². The van der Waals surface area contributed by atoms with Gasteiger partial charge in [-0.3, -0.25) is 14.9 Å². The van der Waals surface area contributed by atoms with Crippen molar-refractivity contribution in [3.05, 3.63) is 23.4 Å². The van der Waals surface area contributed by atoms with Gasteiger partial charge in [0, 0.05) is 17.7 Å². The number of hydrogen-bond acceptors (Lipinski definition) is 3. The SMILES string of the molecule is C/C=C\C1=C(C)CC2(CC2)N1C1CCC(=O)NC1=O.CC. The fourth-order valence-corrected chi connectivity index (χ4v) is 3.50. The normalized spacial score (nSPS) is 27.0. The smallest absolute Gasteiger partial charge is 0.249 e. The molecule has 1 spiro atoms. The van der Waals surface area contributed by atoms with Gasteiger partial charge in [-0.1, -0.05) is 19.9 Å². The molecule has 2 heterocycles. The molecule has 4 nitrogen and oxygen atoms in total. The van der Waals surface area contributed by atoms with Gasteiger partial charge in [0.05, 0.1) is 0 Å². The van der Waals surface area contributed by atoms with Gasteiger partial charge in [-0.2, -0.15) is 0 Å². The highest BCUT2D eigenvalue weighted by Gasteiger charge is 2.56. The summed E-state index contributed by atoms with van der Waals surface area (Å²) in [5.74, 6) is -0.266. The van der Waals surface area contributed by atoms with E-state index >= 15 is 0 Å². The number of imide groups is 1. The summed E-state index contributed by atoms with van der Waals surface area (Å²) in [6, 6.07) is -0.177. The van der Waals surface area contributed by atoms with E-state index in [2.05, 4.69) is 23.2 Å². The molecule has 1 N–H and O–H groups in total. The predicted octanol–water partition coefficient (Wildman–Crippen LogP) is 2.91. The lowest BCUT2D eigenvalue weighted by molar-refractivity contribution is -0.137. The van der Waals surface area contributed by atoms with Crippen LogP contribution in [0, 0.1) is 0 Å². The molecule has 4 heteroatoms. The third-order valence-corrected chi connectivity index (χ3v) is 4.48. The van der Waals surface area contributed by atoms with Crippen LogP contribution >= 0.6 is 0 Å². The van der Waals surface area contributed by atoms with Crippen molar-refractivity contribution in [1.82, 2.24) is 10.2 Å². The Balaban J connectivity index is 0.000000774. The third kappa shape index (κ3) is 2.76. The molecule has 1 aliphatic carbocycles. The molecule has 116 valence electrons. The molecule has 1 atom stereocenters. The van der Waals surface area contributed by atoms with Gasteiger partial charge in [0.1, 0.15) is 6.04 Å². The topological polar surface area (TPSA) is 49.4 Å². The van der Waals surface area contributed by atoms with Gasteiger partial charge >= 0.3 is 0 Å². The number of hydrogen-bond donors (Lipinski definition) is 1. The first-order chi connectivity index (χ1) is 10.1. The molecule has 0 aromatic heterocycles. The molecular weight excluding hydrogens is 264 g/mol. The van der Waals surface area contributed by atoms with Crippen molar-refractivity contribution in [2.24, 2.45) is 0 Å². The van der Waals surface area contributed by atoms with Gasteiger partial charge in [-0.25, -0.2) is 0 Å². The van der Waals surface area contributed by atoms with E-state index in [1.54, 1.807) is 0 Å². The lowest BCUT2D eigenvalue weighted by Crippen LogP contribution is -2.54. The van der Waals surface area contributed by atoms with Gasteiger partial charge in [0.2, 0.25) is 11.8 Å². The number of piperidine rings is 1. The fraction of sp³-hybridized carbons (Fsp3) is 0.647. The minimum absolute atomic E-state index is 0.126. The van der Waals surface area contributed by atoms with Crippen molar-refractivity contribution < 1.29 is 9.59 Å². The van der Waals surface area contributed by atoms with Gasteiger partial charge in [-0.15, -0.1) is 0 Å². The van der Waals surface area contributed by atoms with E-state index < -0.39 is 0 Å². The van der Waals surface area contributed by atoms with Crippen molar-refractivity contribution >= 4 is 11.8 Å². The van der Waals surface area contributed by atoms with E-state index in [4.69, 9.17) is 0 Å². The molecule has 3 rings (SSSR count). The van der Waals surface area contributed by atoms with Gasteiger partial charge in [0.15, 0.2) is 0 Å². The van der Waals surface area contributed by atoms with Crippen LogP contribution in [0.5, 0.6) is 0 Å². The quantitative estimate of drug-likeness (QED) is 0.796. The second kappa shape index (κ2) is 6.04. The van der Waals surface area contributed by atoms with Crippen LogP contribution < -0.4 is 5.32 Å². The fourth-order valence-electron chi connectivity index (χ4n) is 3.50. The molecular formula is C17H26N2O2. The number of nitrogens with zero attached hydrogens (tertiary/aromatic N) is 1. The summed E-state index contributed by atoms with van der Waals surface area (Å²) in [6.07, 6.45) is 8.59. The summed E-state index contributed by atoms with van der Waals surface area (Å²) in [5.41, 5.74) is 2.72. The average molecular weight is 290 g/mol. The number of rotatable bonds is 2. The van der Waals surface area contributed by atoms with Crippen molar-refractivity contribution in [1.29, 1.82) is 0 Å². The minimum Gasteiger partial charge on any atom is -0.354 e. The van der Waals surface area contributed by atoms with Crippen molar-refractivity contribution in [2.45, 2.75) is 71.4 Å². The van der Waals surface area contributed by atoms with Gasteiger partial charge in [-0.05, 0) is 51.2 Å². The van der Waals surface area contributed by atoms with Crippen molar-refractivity contribution in [3.8, 4) is 0 Å². The lowest BCUT2D eigenvalue weighted by atomic mass is 10.0. The molecule has 3 aliphatic rings. The molecule has 0 aromatic carbocycles. The van der Waals surface area contributed by atoms with Crippen LogP contribution in [-0.4, -0.2) is 28.3 Å². The Morgan fingerprint density at radius 1 is 1.29 bits per heavy atom. The Labute approximate surface area is 127 Å². The van der Waals surface area contributed by atoms with Crippen LogP contribution in [0.3, 0.4) is 0 Å². The van der Waals surface area contributed by atoms with E-state index in [9.17, 15) is 9.59 Å². The Morgan fingerprint density at radius 3 is 2.48 bits per heavy atom. The first kappa shape index (κ1) is 15.8. The zero-order valence-corrected chi connectivity index (χ0v) is 13.5. The maximum absolute atomic E-state index is 12.1. The number of allylic oxidation sites excluding steroid dienone is 2. The Morgan fingerprint density at radius 2 is 1.95 bits per heavy atom. The monoisotopic (exact) mass is 290 g/mol. The number of carbonyl (C=O) groups is 2. The molecule has 0 aromatic rings. The van der Waals surface area contributed by atoms with Crippen LogP contribution in [0.25, 0.3) is 0 Å². The number of carbonyl (C=O) groups excluding carboxylic acids is 2. The number of nitrogens with one attached hydrogen (secondary N) is 1. The van der Waals surface area contributed by atoms with E-state index in [1.165, 1.54) is 11.3 Å². The molecule has 2 aliphatic heterocycles. The summed E-state index contributed by atoms with van der Waals surface area (Å²) >= 11 is 0. The highest BCUT2D eigenvalue weighted by Crippen LogP contribution is 2.55. The molecule has 21 heavy (non-hydrogen) atoms. The van der Waals surface area contributed by atoms with E-state index in [-0.39, 0.29) is 23.4 Å². The summed E-state index contributed by atoms with van der Waals surface area (Å²) in [6.45, 7) is 8.15. The van der Waals surface area contributed by atoms with Crippen LogP contribution in [0.4, 0.5) is 0 Å². The Kier molecular flexibility index (Phi) is 4.55. The zero-order chi connectivity index (χ0) is 15.6. The standard InChI is InChI=1S/C15H20N2O2.C2H6/c1-3-4-11-10(2)9-15(7-8-15)17(11)12-5-6-13(18)16-14(12)19;1-2/h3-4,12H,5-9H2,1-2H3,(H,16,18,19);1-2H3/b4-3-;. The summed E-state index contributed by atoms with van der Waals surface area (Å²) in [5, 5.41) is 2.48. The first-order valence-electron chi connectivity index (χ1n) is 8.03. The zero-order valence-electron chi connectivity index (χ0n) is 13.5. The highest BCUT2D eigenvalue weighted by atomic mass is 16.2. The van der Waals surface area contributed by atoms with Crippen LogP contribution in [0.2, 0.25) is 0 Å². The average Bonchev–Trinajstić information content (AvgIpc) is 3.17. The highest BCUT2D eigenvalue weighted by molar-refractivity contribution is 6.00. The van der Waals surface area contributed by atoms with Crippen LogP contribution in [-0.2, 0) is 9.59 Å². The summed E-state index contributed by atoms with van der Waals surface area (Å²) in [7, 11) is 0. The molecule has 2 fully saturated rings. The summed E-state index contributed by atoms with van der Waals surface area (Å²) in [4.78, 5) is 25.7. The Bertz CT molecular complexity index is 501. The molecule has 1 saturated heterocycles. The van der Waals surface area contributed by atoms with Gasteiger partial charge in [0.25, 0.3) is 0 Å². The van der Waals surface area contributed by atoms with Crippen LogP contribution in [0.15, 0.2) is 23.4 Å². The largest absolute Gasteiger partial charge is 0.354 e. The summed E-state index contributed by atoms with van der Waals surface area (Å²) < 4.78 is 0. The number of amides is 2. The van der Waals surface area contributed by atoms with Gasteiger partial charge < -0.3 is 4.90 Å². The maximum atomic E-state index is 12.1. The molecule has 0 radical (unpaired) electrons. The predicted molar refractivity (Wildman–Crippen MR) is 83.5 cm³/mol. The van der Waals surface area contributed by atoms with E-state index in [0.717, 1.165) is 19.3 Å². The second-order valence-corrected chi connectivity index (χ2v) is 5.90.